The Morgan fingerprint density at radius 3 is 2.68 bits per heavy atom. The molecular formula is C13H21N3O3. The number of carbonyl (C=O) groups excluding carboxylic acids is 1. The van der Waals surface area contributed by atoms with Gasteiger partial charge in [-0.2, -0.15) is 5.10 Å². The van der Waals surface area contributed by atoms with Crippen molar-refractivity contribution in [1.29, 1.82) is 0 Å². The quantitative estimate of drug-likeness (QED) is 0.771. The molecule has 6 nitrogen and oxygen atoms in total. The average molecular weight is 267 g/mol. The number of hydrogen-bond acceptors (Lipinski definition) is 3. The summed E-state index contributed by atoms with van der Waals surface area (Å²) < 4.78 is 1.70. The smallest absolute Gasteiger partial charge is 0.326 e. The molecule has 6 heteroatoms. The SMILES string of the molecule is CCC(C)C(NC(=O)CCc1ccnn1C)C(=O)O. The van der Waals surface area contributed by atoms with Crippen molar-refractivity contribution in [3.8, 4) is 0 Å². The first kappa shape index (κ1) is 15.2. The van der Waals surface area contributed by atoms with Crippen LogP contribution in [0, 0.1) is 5.92 Å². The minimum Gasteiger partial charge on any atom is -0.480 e. The Morgan fingerprint density at radius 1 is 1.53 bits per heavy atom. The van der Waals surface area contributed by atoms with Crippen molar-refractivity contribution in [2.24, 2.45) is 13.0 Å². The molecule has 1 aromatic rings. The lowest BCUT2D eigenvalue weighted by Crippen LogP contribution is -2.45. The second-order valence-corrected chi connectivity index (χ2v) is 4.72. The molecule has 0 saturated heterocycles. The highest BCUT2D eigenvalue weighted by Gasteiger charge is 2.24. The van der Waals surface area contributed by atoms with Gasteiger partial charge in [-0.05, 0) is 18.4 Å². The molecule has 0 aliphatic heterocycles. The minimum atomic E-state index is -0.983. The fourth-order valence-corrected chi connectivity index (χ4v) is 1.82. The minimum absolute atomic E-state index is 0.0850. The van der Waals surface area contributed by atoms with E-state index in [2.05, 4.69) is 10.4 Å². The molecule has 2 unspecified atom stereocenters. The molecule has 1 heterocycles. The van der Waals surface area contributed by atoms with Gasteiger partial charge in [0.1, 0.15) is 6.04 Å². The van der Waals surface area contributed by atoms with E-state index >= 15 is 0 Å². The number of carboxylic acids is 1. The second-order valence-electron chi connectivity index (χ2n) is 4.72. The standard InChI is InChI=1S/C13H21N3O3/c1-4-9(2)12(13(18)19)15-11(17)6-5-10-7-8-14-16(10)3/h7-9,12H,4-6H2,1-3H3,(H,15,17)(H,18,19). The highest BCUT2D eigenvalue weighted by Crippen LogP contribution is 2.09. The largest absolute Gasteiger partial charge is 0.480 e. The van der Waals surface area contributed by atoms with E-state index in [1.54, 1.807) is 10.9 Å². The van der Waals surface area contributed by atoms with Gasteiger partial charge in [0, 0.05) is 25.4 Å². The fourth-order valence-electron chi connectivity index (χ4n) is 1.82. The van der Waals surface area contributed by atoms with Crippen molar-refractivity contribution in [3.63, 3.8) is 0 Å². The fraction of sp³-hybridized carbons (Fsp3) is 0.615. The lowest BCUT2D eigenvalue weighted by Gasteiger charge is -2.20. The molecule has 19 heavy (non-hydrogen) atoms. The van der Waals surface area contributed by atoms with Gasteiger partial charge >= 0.3 is 5.97 Å². The number of hydrogen-bond donors (Lipinski definition) is 2. The predicted octanol–water partition coefficient (Wildman–Crippen LogP) is 0.968. The number of nitrogens with zero attached hydrogens (tertiary/aromatic N) is 2. The number of carbonyl (C=O) groups is 2. The van der Waals surface area contributed by atoms with E-state index in [9.17, 15) is 9.59 Å². The van der Waals surface area contributed by atoms with Crippen LogP contribution in [0.1, 0.15) is 32.4 Å². The Kier molecular flexibility index (Phi) is 5.54. The molecule has 2 atom stereocenters. The van der Waals surface area contributed by atoms with Gasteiger partial charge in [-0.15, -0.1) is 0 Å². The van der Waals surface area contributed by atoms with Gasteiger partial charge < -0.3 is 10.4 Å². The van der Waals surface area contributed by atoms with Crippen molar-refractivity contribution in [2.75, 3.05) is 0 Å². The first-order chi connectivity index (χ1) is 8.95. The van der Waals surface area contributed by atoms with Crippen LogP contribution >= 0.6 is 0 Å². The monoisotopic (exact) mass is 267 g/mol. The van der Waals surface area contributed by atoms with Gasteiger partial charge in [-0.25, -0.2) is 4.79 Å². The summed E-state index contributed by atoms with van der Waals surface area (Å²) in [6, 6.07) is 1.03. The number of aryl methyl sites for hydroxylation is 2. The van der Waals surface area contributed by atoms with E-state index in [-0.39, 0.29) is 18.2 Å². The molecule has 0 fully saturated rings. The van der Waals surface area contributed by atoms with Crippen LogP contribution in [0.3, 0.4) is 0 Å². The van der Waals surface area contributed by atoms with Crippen LogP contribution < -0.4 is 5.32 Å². The summed E-state index contributed by atoms with van der Waals surface area (Å²) in [5.74, 6) is -1.31. The summed E-state index contributed by atoms with van der Waals surface area (Å²) in [5, 5.41) is 15.7. The summed E-state index contributed by atoms with van der Waals surface area (Å²) in [7, 11) is 1.81. The Hall–Kier alpha value is -1.85. The number of nitrogens with one attached hydrogen (secondary N) is 1. The molecule has 0 spiro atoms. The van der Waals surface area contributed by atoms with Gasteiger partial charge in [-0.3, -0.25) is 9.48 Å². The molecular weight excluding hydrogens is 246 g/mol. The number of aliphatic carboxylic acids is 1. The van der Waals surface area contributed by atoms with Crippen molar-refractivity contribution < 1.29 is 14.7 Å². The molecule has 1 rings (SSSR count). The third-order valence-electron chi connectivity index (χ3n) is 3.33. The predicted molar refractivity (Wildman–Crippen MR) is 70.6 cm³/mol. The highest BCUT2D eigenvalue weighted by molar-refractivity contribution is 5.83. The van der Waals surface area contributed by atoms with Crippen LogP contribution in [-0.2, 0) is 23.1 Å². The summed E-state index contributed by atoms with van der Waals surface area (Å²) in [6.45, 7) is 3.72. The molecule has 2 N–H and O–H groups in total. The van der Waals surface area contributed by atoms with Crippen LogP contribution in [-0.4, -0.2) is 32.8 Å². The van der Waals surface area contributed by atoms with Gasteiger partial charge in [0.15, 0.2) is 0 Å². The van der Waals surface area contributed by atoms with Crippen molar-refractivity contribution >= 4 is 11.9 Å². The number of carboxylic acid groups (broad SMARTS) is 1. The van der Waals surface area contributed by atoms with Gasteiger partial charge in [0.2, 0.25) is 5.91 Å². The maximum absolute atomic E-state index is 11.8. The first-order valence-electron chi connectivity index (χ1n) is 6.44. The summed E-state index contributed by atoms with van der Waals surface area (Å²) in [6.07, 6.45) is 3.19. The average Bonchev–Trinajstić information content (AvgIpc) is 2.77. The molecule has 106 valence electrons. The van der Waals surface area contributed by atoms with E-state index in [0.717, 1.165) is 5.69 Å². The molecule has 1 amide bonds. The Morgan fingerprint density at radius 2 is 2.21 bits per heavy atom. The highest BCUT2D eigenvalue weighted by atomic mass is 16.4. The normalized spacial score (nSPS) is 13.8. The van der Waals surface area contributed by atoms with E-state index < -0.39 is 12.0 Å². The molecule has 0 aliphatic carbocycles. The van der Waals surface area contributed by atoms with Crippen molar-refractivity contribution in [1.82, 2.24) is 15.1 Å². The van der Waals surface area contributed by atoms with Gasteiger partial charge in [-0.1, -0.05) is 20.3 Å². The third-order valence-corrected chi connectivity index (χ3v) is 3.33. The maximum Gasteiger partial charge on any atom is 0.326 e. The summed E-state index contributed by atoms with van der Waals surface area (Å²) in [5.41, 5.74) is 0.950. The van der Waals surface area contributed by atoms with Crippen LogP contribution in [0.15, 0.2) is 12.3 Å². The van der Waals surface area contributed by atoms with Gasteiger partial charge in [0.05, 0.1) is 0 Å². The van der Waals surface area contributed by atoms with E-state index in [4.69, 9.17) is 5.11 Å². The Balaban J connectivity index is 2.49. The molecule has 0 saturated carbocycles. The molecule has 0 radical (unpaired) electrons. The topological polar surface area (TPSA) is 84.2 Å². The van der Waals surface area contributed by atoms with Crippen LogP contribution in [0.2, 0.25) is 0 Å². The number of amides is 1. The second kappa shape index (κ2) is 6.92. The summed E-state index contributed by atoms with van der Waals surface area (Å²) >= 11 is 0. The molecule has 1 aromatic heterocycles. The van der Waals surface area contributed by atoms with Crippen molar-refractivity contribution in [2.45, 2.75) is 39.2 Å². The number of aromatic nitrogens is 2. The maximum atomic E-state index is 11.8. The lowest BCUT2D eigenvalue weighted by atomic mass is 9.99. The molecule has 0 aromatic carbocycles. The Labute approximate surface area is 112 Å². The zero-order valence-electron chi connectivity index (χ0n) is 11.6. The first-order valence-corrected chi connectivity index (χ1v) is 6.44. The van der Waals surface area contributed by atoms with E-state index in [1.807, 2.05) is 27.0 Å². The lowest BCUT2D eigenvalue weighted by molar-refractivity contribution is -0.143. The van der Waals surface area contributed by atoms with Crippen LogP contribution in [0.5, 0.6) is 0 Å². The van der Waals surface area contributed by atoms with Crippen LogP contribution in [0.25, 0.3) is 0 Å². The Bertz CT molecular complexity index is 442. The zero-order chi connectivity index (χ0) is 14.4. The molecule has 0 aliphatic rings. The number of rotatable bonds is 7. The van der Waals surface area contributed by atoms with Crippen LogP contribution in [0.4, 0.5) is 0 Å². The van der Waals surface area contributed by atoms with E-state index in [1.165, 1.54) is 0 Å². The van der Waals surface area contributed by atoms with E-state index in [0.29, 0.717) is 12.8 Å². The van der Waals surface area contributed by atoms with Gasteiger partial charge in [0.25, 0.3) is 0 Å². The third kappa shape index (κ3) is 4.39. The molecule has 0 bridgehead atoms. The zero-order valence-corrected chi connectivity index (χ0v) is 11.6. The van der Waals surface area contributed by atoms with Crippen molar-refractivity contribution in [3.05, 3.63) is 18.0 Å². The summed E-state index contributed by atoms with van der Waals surface area (Å²) in [4.78, 5) is 22.9.